The molecule has 0 heterocycles. The summed E-state index contributed by atoms with van der Waals surface area (Å²) < 4.78 is 5.09. The highest BCUT2D eigenvalue weighted by Gasteiger charge is 2.39. The molecular weight excluding hydrogens is 266 g/mol. The highest BCUT2D eigenvalue weighted by atomic mass is 16.6. The minimum Gasteiger partial charge on any atom is -0.481 e. The number of esters is 1. The fourth-order valence-electron chi connectivity index (χ4n) is 2.37. The topological polar surface area (TPSA) is 107 Å². The first-order valence-electron chi connectivity index (χ1n) is 6.18. The van der Waals surface area contributed by atoms with Crippen molar-refractivity contribution in [2.75, 3.05) is 0 Å². The van der Waals surface area contributed by atoms with Gasteiger partial charge < -0.3 is 9.84 Å². The monoisotopic (exact) mass is 279 g/mol. The number of nitrogens with zero attached hydrogens (tertiary/aromatic N) is 1. The van der Waals surface area contributed by atoms with Crippen LogP contribution in [0.2, 0.25) is 0 Å². The molecule has 2 rings (SSSR count). The number of nitro groups is 1. The third-order valence-corrected chi connectivity index (χ3v) is 3.40. The van der Waals surface area contributed by atoms with Crippen LogP contribution in [-0.2, 0) is 9.59 Å². The number of hydrogen-bond acceptors (Lipinski definition) is 5. The third-order valence-electron chi connectivity index (χ3n) is 3.40. The molecule has 7 heteroatoms. The van der Waals surface area contributed by atoms with Crippen LogP contribution in [0.4, 0.5) is 5.69 Å². The first-order valence-corrected chi connectivity index (χ1v) is 6.18. The molecule has 1 N–H and O–H groups in total. The number of nitro benzene ring substituents is 1. The van der Waals surface area contributed by atoms with Gasteiger partial charge in [-0.05, 0) is 25.0 Å². The van der Waals surface area contributed by atoms with Gasteiger partial charge in [0.2, 0.25) is 0 Å². The summed E-state index contributed by atoms with van der Waals surface area (Å²) >= 11 is 0. The number of non-ortho nitro benzene ring substituents is 1. The van der Waals surface area contributed by atoms with Crippen LogP contribution in [0.25, 0.3) is 0 Å². The summed E-state index contributed by atoms with van der Waals surface area (Å²) in [5.74, 6) is -2.77. The van der Waals surface area contributed by atoms with Crippen molar-refractivity contribution < 1.29 is 24.4 Å². The Morgan fingerprint density at radius 1 is 1.20 bits per heavy atom. The summed E-state index contributed by atoms with van der Waals surface area (Å²) in [4.78, 5) is 32.9. The first kappa shape index (κ1) is 14.0. The Hall–Kier alpha value is -2.44. The van der Waals surface area contributed by atoms with Gasteiger partial charge in [0.05, 0.1) is 16.8 Å². The van der Waals surface area contributed by atoms with Crippen LogP contribution in [0.1, 0.15) is 19.3 Å². The normalized spacial score (nSPS) is 21.4. The molecule has 7 nitrogen and oxygen atoms in total. The molecule has 0 bridgehead atoms. The summed E-state index contributed by atoms with van der Waals surface area (Å²) in [5, 5.41) is 19.5. The largest absolute Gasteiger partial charge is 0.481 e. The predicted octanol–water partition coefficient (Wildman–Crippen LogP) is 2.00. The zero-order valence-electron chi connectivity index (χ0n) is 10.5. The summed E-state index contributed by atoms with van der Waals surface area (Å²) in [6.07, 6.45) is 1.63. The zero-order chi connectivity index (χ0) is 14.7. The molecule has 20 heavy (non-hydrogen) atoms. The van der Waals surface area contributed by atoms with Gasteiger partial charge in [-0.3, -0.25) is 19.7 Å². The van der Waals surface area contributed by atoms with E-state index in [1.54, 1.807) is 0 Å². The molecule has 0 aromatic heterocycles. The van der Waals surface area contributed by atoms with E-state index < -0.39 is 28.7 Å². The van der Waals surface area contributed by atoms with Crippen molar-refractivity contribution >= 4 is 17.6 Å². The molecule has 1 aliphatic carbocycles. The molecule has 0 spiro atoms. The molecule has 0 saturated heterocycles. The standard InChI is InChI=1S/C13H13NO6/c15-12(16)10-2-1-3-11(10)13(17)20-9-6-4-8(5-7-9)14(18)19/h4-7,10-11H,1-3H2,(H,15,16). The Morgan fingerprint density at radius 3 is 2.35 bits per heavy atom. The maximum atomic E-state index is 11.9. The van der Waals surface area contributed by atoms with Gasteiger partial charge in [0.25, 0.3) is 5.69 Å². The van der Waals surface area contributed by atoms with Crippen molar-refractivity contribution in [1.29, 1.82) is 0 Å². The van der Waals surface area contributed by atoms with E-state index in [2.05, 4.69) is 0 Å². The number of carboxylic acid groups (broad SMARTS) is 1. The number of carbonyl (C=O) groups is 2. The molecule has 106 valence electrons. The Balaban J connectivity index is 2.04. The molecule has 1 aliphatic rings. The molecule has 2 unspecified atom stereocenters. The SMILES string of the molecule is O=C(O)C1CCCC1C(=O)Oc1ccc([N+](=O)[O-])cc1. The van der Waals surface area contributed by atoms with E-state index in [0.29, 0.717) is 19.3 Å². The average molecular weight is 279 g/mol. The molecule has 0 amide bonds. The second-order valence-corrected chi connectivity index (χ2v) is 4.65. The Labute approximate surface area is 114 Å². The smallest absolute Gasteiger partial charge is 0.315 e. The van der Waals surface area contributed by atoms with Crippen LogP contribution in [0.3, 0.4) is 0 Å². The number of hydrogen-bond donors (Lipinski definition) is 1. The molecule has 0 aliphatic heterocycles. The summed E-state index contributed by atoms with van der Waals surface area (Å²) in [7, 11) is 0. The van der Waals surface area contributed by atoms with Crippen LogP contribution in [0.5, 0.6) is 5.75 Å². The van der Waals surface area contributed by atoms with Crippen LogP contribution < -0.4 is 4.74 Å². The fourth-order valence-corrected chi connectivity index (χ4v) is 2.37. The van der Waals surface area contributed by atoms with Crippen molar-refractivity contribution in [1.82, 2.24) is 0 Å². The molecule has 1 saturated carbocycles. The van der Waals surface area contributed by atoms with Gasteiger partial charge >= 0.3 is 11.9 Å². The fraction of sp³-hybridized carbons (Fsp3) is 0.385. The maximum absolute atomic E-state index is 11.9. The molecule has 2 atom stereocenters. The lowest BCUT2D eigenvalue weighted by molar-refractivity contribution is -0.384. The van der Waals surface area contributed by atoms with Gasteiger partial charge in [-0.15, -0.1) is 0 Å². The van der Waals surface area contributed by atoms with E-state index >= 15 is 0 Å². The van der Waals surface area contributed by atoms with Gasteiger partial charge in [0.1, 0.15) is 5.75 Å². The zero-order valence-corrected chi connectivity index (χ0v) is 10.5. The van der Waals surface area contributed by atoms with E-state index in [1.807, 2.05) is 0 Å². The number of ether oxygens (including phenoxy) is 1. The van der Waals surface area contributed by atoms with E-state index in [1.165, 1.54) is 24.3 Å². The van der Waals surface area contributed by atoms with Crippen LogP contribution in [-0.4, -0.2) is 22.0 Å². The highest BCUT2D eigenvalue weighted by Crippen LogP contribution is 2.33. The molecule has 0 radical (unpaired) electrons. The van der Waals surface area contributed by atoms with Crippen molar-refractivity contribution in [3.05, 3.63) is 34.4 Å². The molecular formula is C13H13NO6. The highest BCUT2D eigenvalue weighted by molar-refractivity contribution is 5.83. The minimum atomic E-state index is -0.992. The van der Waals surface area contributed by atoms with Gasteiger partial charge in [-0.2, -0.15) is 0 Å². The summed E-state index contributed by atoms with van der Waals surface area (Å²) in [6.45, 7) is 0. The van der Waals surface area contributed by atoms with E-state index in [4.69, 9.17) is 9.84 Å². The quantitative estimate of drug-likeness (QED) is 0.391. The van der Waals surface area contributed by atoms with Crippen LogP contribution in [0.15, 0.2) is 24.3 Å². The third kappa shape index (κ3) is 2.93. The molecule has 1 aromatic carbocycles. The molecule has 1 fully saturated rings. The summed E-state index contributed by atoms with van der Waals surface area (Å²) in [6, 6.07) is 5.10. The number of carbonyl (C=O) groups excluding carboxylic acids is 1. The van der Waals surface area contributed by atoms with Crippen molar-refractivity contribution in [2.45, 2.75) is 19.3 Å². The number of rotatable bonds is 4. The van der Waals surface area contributed by atoms with E-state index in [9.17, 15) is 19.7 Å². The van der Waals surface area contributed by atoms with Gasteiger partial charge in [0, 0.05) is 12.1 Å². The number of benzene rings is 1. The van der Waals surface area contributed by atoms with Crippen molar-refractivity contribution in [2.24, 2.45) is 11.8 Å². The van der Waals surface area contributed by atoms with Gasteiger partial charge in [0.15, 0.2) is 0 Å². The lowest BCUT2D eigenvalue weighted by atomic mass is 9.96. The minimum absolute atomic E-state index is 0.103. The maximum Gasteiger partial charge on any atom is 0.315 e. The first-order chi connectivity index (χ1) is 9.49. The number of carboxylic acids is 1. The Morgan fingerprint density at radius 2 is 1.80 bits per heavy atom. The number of aliphatic carboxylic acids is 1. The van der Waals surface area contributed by atoms with E-state index in [-0.39, 0.29) is 11.4 Å². The van der Waals surface area contributed by atoms with Crippen molar-refractivity contribution in [3.63, 3.8) is 0 Å². The Bertz CT molecular complexity index is 538. The van der Waals surface area contributed by atoms with Crippen LogP contribution in [0, 0.1) is 22.0 Å². The summed E-state index contributed by atoms with van der Waals surface area (Å²) in [5.41, 5.74) is -0.103. The predicted molar refractivity (Wildman–Crippen MR) is 67.2 cm³/mol. The van der Waals surface area contributed by atoms with Gasteiger partial charge in [-0.1, -0.05) is 6.42 Å². The second kappa shape index (κ2) is 5.68. The molecule has 1 aromatic rings. The lowest BCUT2D eigenvalue weighted by Crippen LogP contribution is -2.28. The Kier molecular flexibility index (Phi) is 3.97. The second-order valence-electron chi connectivity index (χ2n) is 4.65. The lowest BCUT2D eigenvalue weighted by Gasteiger charge is -2.14. The van der Waals surface area contributed by atoms with E-state index in [0.717, 1.165) is 0 Å². The van der Waals surface area contributed by atoms with Crippen molar-refractivity contribution in [3.8, 4) is 5.75 Å². The van der Waals surface area contributed by atoms with Crippen LogP contribution >= 0.6 is 0 Å². The van der Waals surface area contributed by atoms with Gasteiger partial charge in [-0.25, -0.2) is 0 Å². The average Bonchev–Trinajstić information content (AvgIpc) is 2.88.